The van der Waals surface area contributed by atoms with Crippen molar-refractivity contribution in [1.82, 2.24) is 19.5 Å². The summed E-state index contributed by atoms with van der Waals surface area (Å²) in [5, 5.41) is 3.49. The van der Waals surface area contributed by atoms with Gasteiger partial charge in [0.1, 0.15) is 0 Å². The van der Waals surface area contributed by atoms with Crippen LogP contribution in [0.2, 0.25) is 0 Å². The summed E-state index contributed by atoms with van der Waals surface area (Å²) >= 11 is 0. The van der Waals surface area contributed by atoms with E-state index in [0.717, 1.165) is 61.1 Å². The molecule has 0 fully saturated rings. The second-order valence-corrected chi connectivity index (χ2v) is 10.1. The van der Waals surface area contributed by atoms with Crippen molar-refractivity contribution in [1.29, 1.82) is 0 Å². The molecule has 192 valence electrons. The van der Waals surface area contributed by atoms with Crippen LogP contribution in [0, 0.1) is 0 Å². The standard InChI is InChI=1S/C37H24N4/c1-3-11-25(12-4-1)31-24-32(26-13-5-2-6-14-26)40-37(39-31)28-15-9-17-29(23-28)41-33-19-8-7-18-30(33)35-34(41)21-20-27-16-10-22-38-36(27)35/h1-24H. The fraction of sp³-hybridized carbons (Fsp3) is 0. The molecule has 0 aliphatic carbocycles. The largest absolute Gasteiger partial charge is 0.309 e. The highest BCUT2D eigenvalue weighted by atomic mass is 15.0. The van der Waals surface area contributed by atoms with Crippen LogP contribution in [0.1, 0.15) is 0 Å². The van der Waals surface area contributed by atoms with Crippen molar-refractivity contribution in [2.24, 2.45) is 0 Å². The number of rotatable bonds is 4. The van der Waals surface area contributed by atoms with E-state index in [1.165, 1.54) is 5.39 Å². The molecule has 0 N–H and O–H groups in total. The molecule has 0 bridgehead atoms. The number of nitrogens with zero attached hydrogens (tertiary/aromatic N) is 4. The van der Waals surface area contributed by atoms with E-state index in [4.69, 9.17) is 15.0 Å². The first-order valence-corrected chi connectivity index (χ1v) is 13.7. The van der Waals surface area contributed by atoms with E-state index >= 15 is 0 Å². The Morgan fingerprint density at radius 2 is 1.17 bits per heavy atom. The van der Waals surface area contributed by atoms with Gasteiger partial charge in [-0.3, -0.25) is 4.98 Å². The first kappa shape index (κ1) is 23.3. The maximum Gasteiger partial charge on any atom is 0.160 e. The Morgan fingerprint density at radius 1 is 0.488 bits per heavy atom. The molecule has 3 heterocycles. The lowest BCUT2D eigenvalue weighted by Crippen LogP contribution is -1.98. The van der Waals surface area contributed by atoms with Crippen LogP contribution in [0.5, 0.6) is 0 Å². The summed E-state index contributed by atoms with van der Waals surface area (Å²) in [6.07, 6.45) is 1.87. The van der Waals surface area contributed by atoms with E-state index in [2.05, 4.69) is 102 Å². The Morgan fingerprint density at radius 3 is 1.93 bits per heavy atom. The van der Waals surface area contributed by atoms with Crippen molar-refractivity contribution in [3.8, 4) is 39.6 Å². The molecule has 0 spiro atoms. The SMILES string of the molecule is c1ccc(-c2cc(-c3ccccc3)nc(-c3cccc(-n4c5ccccc5c5c6ncccc6ccc54)c3)n2)cc1. The lowest BCUT2D eigenvalue weighted by atomic mass is 10.1. The first-order chi connectivity index (χ1) is 20.3. The van der Waals surface area contributed by atoms with Crippen molar-refractivity contribution in [3.63, 3.8) is 0 Å². The average molecular weight is 525 g/mol. The van der Waals surface area contributed by atoms with Gasteiger partial charge in [-0.2, -0.15) is 0 Å². The van der Waals surface area contributed by atoms with E-state index < -0.39 is 0 Å². The van der Waals surface area contributed by atoms with Gasteiger partial charge in [0.15, 0.2) is 5.82 Å². The molecule has 3 aromatic heterocycles. The second-order valence-electron chi connectivity index (χ2n) is 10.1. The summed E-state index contributed by atoms with van der Waals surface area (Å²) in [6, 6.07) is 48.2. The van der Waals surface area contributed by atoms with Gasteiger partial charge in [0, 0.05) is 44.7 Å². The third kappa shape index (κ3) is 3.97. The van der Waals surface area contributed by atoms with Gasteiger partial charge in [-0.15, -0.1) is 0 Å². The molecule has 41 heavy (non-hydrogen) atoms. The average Bonchev–Trinajstić information content (AvgIpc) is 3.40. The molecule has 0 atom stereocenters. The summed E-state index contributed by atoms with van der Waals surface area (Å²) in [7, 11) is 0. The molecule has 4 nitrogen and oxygen atoms in total. The van der Waals surface area contributed by atoms with Crippen LogP contribution in [-0.2, 0) is 0 Å². The summed E-state index contributed by atoms with van der Waals surface area (Å²) in [5.74, 6) is 0.694. The van der Waals surface area contributed by atoms with Gasteiger partial charge in [-0.25, -0.2) is 9.97 Å². The first-order valence-electron chi connectivity index (χ1n) is 13.7. The maximum atomic E-state index is 5.06. The van der Waals surface area contributed by atoms with Crippen molar-refractivity contribution < 1.29 is 0 Å². The minimum absolute atomic E-state index is 0.694. The van der Waals surface area contributed by atoms with Crippen LogP contribution < -0.4 is 0 Å². The lowest BCUT2D eigenvalue weighted by molar-refractivity contribution is 1.16. The molecular weight excluding hydrogens is 500 g/mol. The Labute approximate surface area is 237 Å². The molecule has 0 aliphatic heterocycles. The van der Waals surface area contributed by atoms with Gasteiger partial charge < -0.3 is 4.57 Å². The number of pyridine rings is 1. The topological polar surface area (TPSA) is 43.6 Å². The zero-order valence-corrected chi connectivity index (χ0v) is 22.1. The van der Waals surface area contributed by atoms with Crippen LogP contribution >= 0.6 is 0 Å². The summed E-state index contributed by atoms with van der Waals surface area (Å²) < 4.78 is 2.32. The highest BCUT2D eigenvalue weighted by Gasteiger charge is 2.16. The van der Waals surface area contributed by atoms with E-state index in [1.807, 2.05) is 48.7 Å². The van der Waals surface area contributed by atoms with Crippen molar-refractivity contribution in [2.75, 3.05) is 0 Å². The van der Waals surface area contributed by atoms with Gasteiger partial charge in [0.05, 0.1) is 27.9 Å². The van der Waals surface area contributed by atoms with Crippen LogP contribution in [0.15, 0.2) is 146 Å². The number of benzene rings is 5. The summed E-state index contributed by atoms with van der Waals surface area (Å²) in [5.41, 5.74) is 9.21. The van der Waals surface area contributed by atoms with Gasteiger partial charge in [-0.1, -0.05) is 103 Å². The third-order valence-corrected chi connectivity index (χ3v) is 7.64. The maximum absolute atomic E-state index is 5.06. The minimum atomic E-state index is 0.694. The minimum Gasteiger partial charge on any atom is -0.309 e. The Kier molecular flexibility index (Phi) is 5.42. The van der Waals surface area contributed by atoms with Crippen molar-refractivity contribution in [3.05, 3.63) is 146 Å². The lowest BCUT2D eigenvalue weighted by Gasteiger charge is -2.12. The molecule has 8 aromatic rings. The van der Waals surface area contributed by atoms with Gasteiger partial charge in [0.25, 0.3) is 0 Å². The molecule has 0 unspecified atom stereocenters. The Balaban J connectivity index is 1.35. The second kappa shape index (κ2) is 9.54. The number of hydrogen-bond donors (Lipinski definition) is 0. The summed E-state index contributed by atoms with van der Waals surface area (Å²) in [4.78, 5) is 14.9. The Bertz CT molecular complexity index is 2140. The van der Waals surface area contributed by atoms with Crippen LogP contribution in [-0.4, -0.2) is 19.5 Å². The monoisotopic (exact) mass is 524 g/mol. The van der Waals surface area contributed by atoms with E-state index in [9.17, 15) is 0 Å². The fourth-order valence-electron chi connectivity index (χ4n) is 5.75. The highest BCUT2D eigenvalue weighted by Crippen LogP contribution is 2.37. The molecule has 4 heteroatoms. The van der Waals surface area contributed by atoms with Crippen molar-refractivity contribution >= 4 is 32.7 Å². The van der Waals surface area contributed by atoms with Crippen molar-refractivity contribution in [2.45, 2.75) is 0 Å². The zero-order chi connectivity index (χ0) is 27.2. The number of hydrogen-bond acceptors (Lipinski definition) is 3. The van der Waals surface area contributed by atoms with E-state index in [0.29, 0.717) is 5.82 Å². The quantitative estimate of drug-likeness (QED) is 0.231. The molecule has 5 aromatic carbocycles. The molecule has 0 amide bonds. The molecule has 8 rings (SSSR count). The van der Waals surface area contributed by atoms with E-state index in [-0.39, 0.29) is 0 Å². The zero-order valence-electron chi connectivity index (χ0n) is 22.1. The molecule has 0 radical (unpaired) electrons. The number of fused-ring (bicyclic) bond motifs is 5. The summed E-state index contributed by atoms with van der Waals surface area (Å²) in [6.45, 7) is 0. The van der Waals surface area contributed by atoms with E-state index in [1.54, 1.807) is 0 Å². The molecule has 0 saturated carbocycles. The van der Waals surface area contributed by atoms with Gasteiger partial charge in [0.2, 0.25) is 0 Å². The van der Waals surface area contributed by atoms with Crippen LogP contribution in [0.25, 0.3) is 72.3 Å². The Hall–Kier alpha value is -5.61. The predicted molar refractivity (Wildman–Crippen MR) is 168 cm³/mol. The molecule has 0 aliphatic rings. The van der Waals surface area contributed by atoms with Gasteiger partial charge in [-0.05, 0) is 36.4 Å². The molecule has 0 saturated heterocycles. The number of aromatic nitrogens is 4. The normalized spacial score (nSPS) is 11.4. The molecular formula is C37H24N4. The fourth-order valence-corrected chi connectivity index (χ4v) is 5.75. The highest BCUT2D eigenvalue weighted by molar-refractivity contribution is 6.20. The third-order valence-electron chi connectivity index (χ3n) is 7.64. The van der Waals surface area contributed by atoms with Crippen LogP contribution in [0.4, 0.5) is 0 Å². The van der Waals surface area contributed by atoms with Crippen LogP contribution in [0.3, 0.4) is 0 Å². The predicted octanol–water partition coefficient (Wildman–Crippen LogP) is 9.12. The van der Waals surface area contributed by atoms with Gasteiger partial charge >= 0.3 is 0 Å². The number of para-hydroxylation sites is 1. The smallest absolute Gasteiger partial charge is 0.160 e.